The van der Waals surface area contributed by atoms with E-state index in [9.17, 15) is 10.1 Å². The van der Waals surface area contributed by atoms with Gasteiger partial charge in [0.2, 0.25) is 0 Å². The number of ether oxygens (including phenoxy) is 1. The molecule has 1 N–H and O–H groups in total. The van der Waals surface area contributed by atoms with Crippen LogP contribution in [0.2, 0.25) is 0 Å². The van der Waals surface area contributed by atoms with Crippen LogP contribution in [0, 0.1) is 11.3 Å². The summed E-state index contributed by atoms with van der Waals surface area (Å²) in [5, 5.41) is 12.5. The van der Waals surface area contributed by atoms with Gasteiger partial charge in [-0.1, -0.05) is 38.0 Å². The summed E-state index contributed by atoms with van der Waals surface area (Å²) in [7, 11) is 0. The molecule has 1 fully saturated rings. The number of nitrogens with one attached hydrogen (secondary N) is 1. The minimum Gasteiger partial charge on any atom is -0.491 e. The zero-order valence-corrected chi connectivity index (χ0v) is 16.0. The average Bonchev–Trinajstić information content (AvgIpc) is 3.19. The number of anilines is 1. The molecule has 1 saturated carbocycles. The monoisotopic (exact) mass is 362 g/mol. The van der Waals surface area contributed by atoms with Gasteiger partial charge in [0, 0.05) is 11.3 Å². The highest BCUT2D eigenvalue weighted by Gasteiger charge is 2.35. The maximum atomic E-state index is 12.6. The zero-order chi connectivity index (χ0) is 19.3. The number of hydrogen-bond donors (Lipinski definition) is 1. The van der Waals surface area contributed by atoms with E-state index in [2.05, 4.69) is 18.3 Å². The van der Waals surface area contributed by atoms with Crippen LogP contribution in [0.4, 0.5) is 5.69 Å². The first-order valence-electron chi connectivity index (χ1n) is 9.66. The Labute approximate surface area is 161 Å². The molecule has 2 aromatic rings. The quantitative estimate of drug-likeness (QED) is 0.743. The van der Waals surface area contributed by atoms with Gasteiger partial charge in [0.1, 0.15) is 5.75 Å². The van der Waals surface area contributed by atoms with Crippen molar-refractivity contribution < 1.29 is 9.53 Å². The lowest BCUT2D eigenvalue weighted by molar-refractivity contribution is 0.102. The van der Waals surface area contributed by atoms with Gasteiger partial charge in [-0.15, -0.1) is 0 Å². The van der Waals surface area contributed by atoms with Crippen molar-refractivity contribution in [1.29, 1.82) is 5.26 Å². The molecule has 0 saturated heterocycles. The molecule has 1 unspecified atom stereocenters. The number of benzene rings is 2. The Morgan fingerprint density at radius 1 is 1.22 bits per heavy atom. The van der Waals surface area contributed by atoms with Gasteiger partial charge < -0.3 is 10.1 Å². The molecule has 140 valence electrons. The Bertz CT molecular complexity index is 830. The van der Waals surface area contributed by atoms with E-state index in [1.54, 1.807) is 12.1 Å². The standard InChI is InChI=1S/C23H26N2O2/c1-3-17(2)27-21-8-6-7-18(15-21)22(26)25-20-11-9-19(10-12-20)23(16-24)13-4-5-14-23/h6-12,15,17H,3-5,13-14H2,1-2H3,(H,25,26). The molecule has 4 nitrogen and oxygen atoms in total. The van der Waals surface area contributed by atoms with Gasteiger partial charge in [-0.3, -0.25) is 4.79 Å². The summed E-state index contributed by atoms with van der Waals surface area (Å²) in [4.78, 5) is 12.6. The first-order chi connectivity index (χ1) is 13.1. The Morgan fingerprint density at radius 2 is 1.93 bits per heavy atom. The zero-order valence-electron chi connectivity index (χ0n) is 16.0. The van der Waals surface area contributed by atoms with Gasteiger partial charge in [-0.25, -0.2) is 0 Å². The van der Waals surface area contributed by atoms with E-state index in [0.717, 1.165) is 43.4 Å². The van der Waals surface area contributed by atoms with Crippen molar-refractivity contribution >= 4 is 11.6 Å². The Kier molecular flexibility index (Phi) is 5.81. The summed E-state index contributed by atoms with van der Waals surface area (Å²) in [6.45, 7) is 4.07. The van der Waals surface area contributed by atoms with Crippen molar-refractivity contribution in [3.63, 3.8) is 0 Å². The highest BCUT2D eigenvalue weighted by Crippen LogP contribution is 2.40. The molecule has 0 aromatic heterocycles. The second kappa shape index (κ2) is 8.26. The molecular weight excluding hydrogens is 336 g/mol. The van der Waals surface area contributed by atoms with Crippen molar-refractivity contribution in [3.8, 4) is 11.8 Å². The van der Waals surface area contributed by atoms with Crippen molar-refractivity contribution in [2.45, 2.75) is 57.5 Å². The minimum atomic E-state index is -0.357. The lowest BCUT2D eigenvalue weighted by Crippen LogP contribution is -2.19. The van der Waals surface area contributed by atoms with Crippen LogP contribution in [-0.2, 0) is 5.41 Å². The van der Waals surface area contributed by atoms with Crippen molar-refractivity contribution in [2.75, 3.05) is 5.32 Å². The molecule has 0 heterocycles. The molecule has 1 aliphatic carbocycles. The van der Waals surface area contributed by atoms with Crippen LogP contribution < -0.4 is 10.1 Å². The van der Waals surface area contributed by atoms with Gasteiger partial charge >= 0.3 is 0 Å². The third kappa shape index (κ3) is 4.31. The van der Waals surface area contributed by atoms with Crippen molar-refractivity contribution in [1.82, 2.24) is 0 Å². The molecule has 0 spiro atoms. The molecule has 3 rings (SSSR count). The largest absolute Gasteiger partial charge is 0.491 e. The molecule has 0 bridgehead atoms. The summed E-state index contributed by atoms with van der Waals surface area (Å²) in [6, 6.07) is 17.4. The predicted octanol–water partition coefficient (Wildman–Crippen LogP) is 5.45. The van der Waals surface area contributed by atoms with E-state index >= 15 is 0 Å². The summed E-state index contributed by atoms with van der Waals surface area (Å²) in [6.07, 6.45) is 5.05. The van der Waals surface area contributed by atoms with Crippen LogP contribution in [0.5, 0.6) is 5.75 Å². The van der Waals surface area contributed by atoms with Gasteiger partial charge in [-0.2, -0.15) is 5.26 Å². The summed E-state index contributed by atoms with van der Waals surface area (Å²) >= 11 is 0. The van der Waals surface area contributed by atoms with E-state index in [4.69, 9.17) is 4.74 Å². The fourth-order valence-electron chi connectivity index (χ4n) is 3.55. The topological polar surface area (TPSA) is 62.1 Å². The number of amides is 1. The van der Waals surface area contributed by atoms with E-state index in [1.165, 1.54) is 0 Å². The maximum absolute atomic E-state index is 12.6. The second-order valence-corrected chi connectivity index (χ2v) is 7.30. The first-order valence-corrected chi connectivity index (χ1v) is 9.66. The Balaban J connectivity index is 1.69. The summed E-state index contributed by atoms with van der Waals surface area (Å²) in [5.74, 6) is 0.526. The number of carbonyl (C=O) groups is 1. The minimum absolute atomic E-state index is 0.110. The number of nitriles is 1. The van der Waals surface area contributed by atoms with Crippen LogP contribution >= 0.6 is 0 Å². The van der Waals surface area contributed by atoms with Gasteiger partial charge in [0.15, 0.2) is 0 Å². The molecule has 1 aliphatic rings. The molecule has 0 radical (unpaired) electrons. The summed E-state index contributed by atoms with van der Waals surface area (Å²) in [5.41, 5.74) is 1.97. The maximum Gasteiger partial charge on any atom is 0.255 e. The summed E-state index contributed by atoms with van der Waals surface area (Å²) < 4.78 is 5.79. The molecule has 27 heavy (non-hydrogen) atoms. The fourth-order valence-corrected chi connectivity index (χ4v) is 3.55. The lowest BCUT2D eigenvalue weighted by Gasteiger charge is -2.21. The van der Waals surface area contributed by atoms with Crippen LogP contribution in [0.15, 0.2) is 48.5 Å². The van der Waals surface area contributed by atoms with Crippen molar-refractivity contribution in [2.24, 2.45) is 0 Å². The van der Waals surface area contributed by atoms with E-state index in [0.29, 0.717) is 11.3 Å². The van der Waals surface area contributed by atoms with Gasteiger partial charge in [0.25, 0.3) is 5.91 Å². The molecule has 2 aromatic carbocycles. The van der Waals surface area contributed by atoms with Gasteiger partial charge in [-0.05, 0) is 62.1 Å². The van der Waals surface area contributed by atoms with E-state index in [-0.39, 0.29) is 17.4 Å². The van der Waals surface area contributed by atoms with Crippen LogP contribution in [0.3, 0.4) is 0 Å². The molecule has 4 heteroatoms. The number of hydrogen-bond acceptors (Lipinski definition) is 3. The van der Waals surface area contributed by atoms with E-state index in [1.807, 2.05) is 43.3 Å². The van der Waals surface area contributed by atoms with Crippen LogP contribution in [-0.4, -0.2) is 12.0 Å². The highest BCUT2D eigenvalue weighted by atomic mass is 16.5. The molecule has 1 atom stereocenters. The highest BCUT2D eigenvalue weighted by molar-refractivity contribution is 6.04. The fraction of sp³-hybridized carbons (Fsp3) is 0.391. The molecule has 0 aliphatic heterocycles. The smallest absolute Gasteiger partial charge is 0.255 e. The Morgan fingerprint density at radius 3 is 2.56 bits per heavy atom. The van der Waals surface area contributed by atoms with Crippen LogP contribution in [0.1, 0.15) is 61.9 Å². The normalized spacial score (nSPS) is 16.3. The SMILES string of the molecule is CCC(C)Oc1cccc(C(=O)Nc2ccc(C3(C#N)CCCC3)cc2)c1. The van der Waals surface area contributed by atoms with Crippen LogP contribution in [0.25, 0.3) is 0 Å². The van der Waals surface area contributed by atoms with Gasteiger partial charge in [0.05, 0.1) is 17.6 Å². The number of nitrogens with zero attached hydrogens (tertiary/aromatic N) is 1. The second-order valence-electron chi connectivity index (χ2n) is 7.30. The number of carbonyl (C=O) groups excluding carboxylic acids is 1. The Hall–Kier alpha value is -2.80. The molecule has 1 amide bonds. The lowest BCUT2D eigenvalue weighted by atomic mass is 9.80. The average molecular weight is 362 g/mol. The number of rotatable bonds is 6. The third-order valence-corrected chi connectivity index (χ3v) is 5.37. The molecular formula is C23H26N2O2. The van der Waals surface area contributed by atoms with E-state index < -0.39 is 0 Å². The van der Waals surface area contributed by atoms with Crippen molar-refractivity contribution in [3.05, 3.63) is 59.7 Å². The predicted molar refractivity (Wildman–Crippen MR) is 107 cm³/mol. The first kappa shape index (κ1) is 19.0. The third-order valence-electron chi connectivity index (χ3n) is 5.37.